The molecule has 0 bridgehead atoms. The van der Waals surface area contributed by atoms with Crippen molar-refractivity contribution in [1.82, 2.24) is 14.5 Å². The lowest BCUT2D eigenvalue weighted by Gasteiger charge is -2.19. The standard InChI is InChI=1S/C22H26F3N3O/c1-4-27(5-2)12-13-28-20-11-8-17(22(23,24)25)15-19(20)26-21(28)14-16-6-9-18(29-3)10-7-16/h6-11,15H,4-5,12-14H2,1-3H3. The van der Waals surface area contributed by atoms with Gasteiger partial charge >= 0.3 is 6.18 Å². The lowest BCUT2D eigenvalue weighted by molar-refractivity contribution is -0.137. The lowest BCUT2D eigenvalue weighted by atomic mass is 10.1. The van der Waals surface area contributed by atoms with Gasteiger partial charge < -0.3 is 14.2 Å². The molecule has 0 spiro atoms. The van der Waals surface area contributed by atoms with Crippen LogP contribution in [0.1, 0.15) is 30.8 Å². The van der Waals surface area contributed by atoms with Gasteiger partial charge in [0.05, 0.1) is 23.7 Å². The van der Waals surface area contributed by atoms with Gasteiger partial charge in [-0.1, -0.05) is 26.0 Å². The Hall–Kier alpha value is -2.54. The highest BCUT2D eigenvalue weighted by Crippen LogP contribution is 2.32. The number of methoxy groups -OCH3 is 1. The number of fused-ring (bicyclic) bond motifs is 1. The van der Waals surface area contributed by atoms with Crippen LogP contribution in [0.25, 0.3) is 11.0 Å². The van der Waals surface area contributed by atoms with Gasteiger partial charge in [0.1, 0.15) is 11.6 Å². The first-order chi connectivity index (χ1) is 13.9. The topological polar surface area (TPSA) is 30.3 Å². The van der Waals surface area contributed by atoms with Crippen LogP contribution in [0.15, 0.2) is 42.5 Å². The van der Waals surface area contributed by atoms with E-state index >= 15 is 0 Å². The number of alkyl halides is 3. The fourth-order valence-corrected chi connectivity index (χ4v) is 3.45. The summed E-state index contributed by atoms with van der Waals surface area (Å²) in [6.07, 6.45) is -3.84. The largest absolute Gasteiger partial charge is 0.497 e. The van der Waals surface area contributed by atoms with Crippen LogP contribution in [0.2, 0.25) is 0 Å². The van der Waals surface area contributed by atoms with E-state index in [-0.39, 0.29) is 0 Å². The third-order valence-electron chi connectivity index (χ3n) is 5.21. The van der Waals surface area contributed by atoms with Crippen LogP contribution < -0.4 is 4.74 Å². The lowest BCUT2D eigenvalue weighted by Crippen LogP contribution is -2.27. The monoisotopic (exact) mass is 405 g/mol. The average molecular weight is 405 g/mol. The van der Waals surface area contributed by atoms with E-state index in [1.54, 1.807) is 7.11 Å². The first-order valence-electron chi connectivity index (χ1n) is 9.77. The molecule has 0 atom stereocenters. The Bertz CT molecular complexity index is 944. The Kier molecular flexibility index (Phi) is 6.47. The van der Waals surface area contributed by atoms with Crippen LogP contribution in [0.3, 0.4) is 0 Å². The summed E-state index contributed by atoms with van der Waals surface area (Å²) in [5.74, 6) is 1.52. The Balaban J connectivity index is 1.98. The van der Waals surface area contributed by atoms with Crippen LogP contribution in [0.5, 0.6) is 5.75 Å². The van der Waals surface area contributed by atoms with E-state index < -0.39 is 11.7 Å². The summed E-state index contributed by atoms with van der Waals surface area (Å²) in [5, 5.41) is 0. The van der Waals surface area contributed by atoms with Gasteiger partial charge in [0.15, 0.2) is 0 Å². The van der Waals surface area contributed by atoms with Crippen molar-refractivity contribution in [3.8, 4) is 5.75 Å². The third kappa shape index (κ3) is 4.90. The van der Waals surface area contributed by atoms with Crippen molar-refractivity contribution in [2.45, 2.75) is 33.0 Å². The minimum Gasteiger partial charge on any atom is -0.497 e. The maximum atomic E-state index is 13.1. The van der Waals surface area contributed by atoms with E-state index in [9.17, 15) is 13.2 Å². The average Bonchev–Trinajstić information content (AvgIpc) is 3.05. The number of benzene rings is 2. The highest BCUT2D eigenvalue weighted by atomic mass is 19.4. The second-order valence-corrected chi connectivity index (χ2v) is 6.93. The molecule has 4 nitrogen and oxygen atoms in total. The van der Waals surface area contributed by atoms with Crippen molar-refractivity contribution in [1.29, 1.82) is 0 Å². The van der Waals surface area contributed by atoms with Gasteiger partial charge in [-0.15, -0.1) is 0 Å². The summed E-state index contributed by atoms with van der Waals surface area (Å²) in [4.78, 5) is 6.85. The molecule has 0 aliphatic carbocycles. The van der Waals surface area contributed by atoms with Crippen molar-refractivity contribution >= 4 is 11.0 Å². The van der Waals surface area contributed by atoms with Crippen molar-refractivity contribution in [3.63, 3.8) is 0 Å². The molecule has 1 aromatic heterocycles. The highest BCUT2D eigenvalue weighted by Gasteiger charge is 2.31. The molecule has 0 N–H and O–H groups in total. The molecule has 0 fully saturated rings. The number of ether oxygens (including phenoxy) is 1. The molecule has 0 saturated heterocycles. The molecule has 1 heterocycles. The van der Waals surface area contributed by atoms with Gasteiger partial charge in [-0.2, -0.15) is 13.2 Å². The zero-order chi connectivity index (χ0) is 21.0. The van der Waals surface area contributed by atoms with E-state index in [1.165, 1.54) is 6.07 Å². The maximum absolute atomic E-state index is 13.1. The van der Waals surface area contributed by atoms with Gasteiger partial charge in [-0.25, -0.2) is 4.98 Å². The SMILES string of the molecule is CCN(CC)CCn1c(Cc2ccc(OC)cc2)nc2cc(C(F)(F)F)ccc21. The van der Waals surface area contributed by atoms with E-state index in [1.807, 2.05) is 28.8 Å². The molecule has 3 rings (SSSR count). The summed E-state index contributed by atoms with van der Waals surface area (Å²) >= 11 is 0. The third-order valence-corrected chi connectivity index (χ3v) is 5.21. The minimum absolute atomic E-state index is 0.378. The molecule has 7 heteroatoms. The van der Waals surface area contributed by atoms with Crippen LogP contribution in [-0.2, 0) is 19.1 Å². The van der Waals surface area contributed by atoms with Crippen molar-refractivity contribution in [2.75, 3.05) is 26.7 Å². The van der Waals surface area contributed by atoms with Gasteiger partial charge in [0.25, 0.3) is 0 Å². The molecule has 0 saturated carbocycles. The number of nitrogens with zero attached hydrogens (tertiary/aromatic N) is 3. The van der Waals surface area contributed by atoms with Crippen LogP contribution in [0.4, 0.5) is 13.2 Å². The van der Waals surface area contributed by atoms with E-state index in [4.69, 9.17) is 4.74 Å². The Labute approximate surface area is 168 Å². The number of aromatic nitrogens is 2. The van der Waals surface area contributed by atoms with E-state index in [2.05, 4.69) is 23.7 Å². The summed E-state index contributed by atoms with van der Waals surface area (Å²) in [7, 11) is 1.61. The van der Waals surface area contributed by atoms with Crippen molar-refractivity contribution < 1.29 is 17.9 Å². The maximum Gasteiger partial charge on any atom is 0.416 e. The molecule has 3 aromatic rings. The fraction of sp³-hybridized carbons (Fsp3) is 0.409. The summed E-state index contributed by atoms with van der Waals surface area (Å²) < 4.78 is 46.6. The zero-order valence-corrected chi connectivity index (χ0v) is 17.0. The molecule has 0 amide bonds. The van der Waals surface area contributed by atoms with Gasteiger partial charge in [-0.3, -0.25) is 0 Å². The fourth-order valence-electron chi connectivity index (χ4n) is 3.45. The molecule has 0 radical (unpaired) electrons. The number of halogens is 3. The Morgan fingerprint density at radius 3 is 2.31 bits per heavy atom. The van der Waals surface area contributed by atoms with Crippen LogP contribution in [-0.4, -0.2) is 41.2 Å². The molecule has 2 aromatic carbocycles. The number of hydrogen-bond acceptors (Lipinski definition) is 3. The van der Waals surface area contributed by atoms with E-state index in [0.717, 1.165) is 54.4 Å². The van der Waals surface area contributed by atoms with E-state index in [0.29, 0.717) is 18.5 Å². The normalized spacial score (nSPS) is 12.1. The second-order valence-electron chi connectivity index (χ2n) is 6.93. The molecule has 0 aliphatic heterocycles. The number of imidazole rings is 1. The zero-order valence-electron chi connectivity index (χ0n) is 17.0. The van der Waals surface area contributed by atoms with Crippen molar-refractivity contribution in [2.24, 2.45) is 0 Å². The molecule has 156 valence electrons. The highest BCUT2D eigenvalue weighted by molar-refractivity contribution is 5.77. The van der Waals surface area contributed by atoms with Gasteiger partial charge in [0, 0.05) is 19.5 Å². The molecule has 0 aliphatic rings. The second kappa shape index (κ2) is 8.86. The van der Waals surface area contributed by atoms with Crippen molar-refractivity contribution in [3.05, 3.63) is 59.4 Å². The quantitative estimate of drug-likeness (QED) is 0.529. The summed E-state index contributed by atoms with van der Waals surface area (Å²) in [6.45, 7) is 7.54. The molecular weight excluding hydrogens is 379 g/mol. The van der Waals surface area contributed by atoms with Gasteiger partial charge in [-0.05, 0) is 49.0 Å². The van der Waals surface area contributed by atoms with Gasteiger partial charge in [0.2, 0.25) is 0 Å². The Morgan fingerprint density at radius 1 is 1.03 bits per heavy atom. The molecule has 0 unspecified atom stereocenters. The van der Waals surface area contributed by atoms with Crippen LogP contribution in [0, 0.1) is 0 Å². The summed E-state index contributed by atoms with van der Waals surface area (Å²) in [6, 6.07) is 11.5. The smallest absolute Gasteiger partial charge is 0.416 e. The van der Waals surface area contributed by atoms with Crippen LogP contribution >= 0.6 is 0 Å². The molecule has 29 heavy (non-hydrogen) atoms. The summed E-state index contributed by atoms with van der Waals surface area (Å²) in [5.41, 5.74) is 1.46. The minimum atomic E-state index is -4.38. The number of likely N-dealkylation sites (N-methyl/N-ethyl adjacent to an activating group) is 1. The first-order valence-corrected chi connectivity index (χ1v) is 9.77. The molecular formula is C22H26F3N3O. The number of hydrogen-bond donors (Lipinski definition) is 0. The first kappa shape index (κ1) is 21.2. The predicted molar refractivity (Wildman–Crippen MR) is 108 cm³/mol. The predicted octanol–water partition coefficient (Wildman–Crippen LogP) is 5.00. The Morgan fingerprint density at radius 2 is 1.72 bits per heavy atom. The number of rotatable bonds is 8.